The number of benzene rings is 1. The Kier molecular flexibility index (Phi) is 5.15. The Balaban J connectivity index is 1.64. The Bertz CT molecular complexity index is 779. The number of hydrogen-bond donors (Lipinski definition) is 2. The van der Waals surface area contributed by atoms with Crippen molar-refractivity contribution >= 4 is 33.9 Å². The van der Waals surface area contributed by atoms with Gasteiger partial charge in [-0.3, -0.25) is 4.40 Å². The Morgan fingerprint density at radius 2 is 2.22 bits per heavy atom. The molecule has 120 valence electrons. The van der Waals surface area contributed by atoms with Gasteiger partial charge in [-0.1, -0.05) is 29.8 Å². The van der Waals surface area contributed by atoms with Crippen molar-refractivity contribution < 1.29 is 0 Å². The van der Waals surface area contributed by atoms with Crippen LogP contribution in [0.25, 0.3) is 4.96 Å². The van der Waals surface area contributed by atoms with Gasteiger partial charge in [0, 0.05) is 29.3 Å². The fraction of sp³-hybridized carbons (Fsp3) is 0.250. The normalized spacial score (nSPS) is 11.8. The summed E-state index contributed by atoms with van der Waals surface area (Å²) < 4.78 is 2.02. The van der Waals surface area contributed by atoms with E-state index in [2.05, 4.69) is 20.6 Å². The summed E-state index contributed by atoms with van der Waals surface area (Å²) in [7, 11) is 0. The van der Waals surface area contributed by atoms with Gasteiger partial charge in [0.05, 0.1) is 18.8 Å². The number of imidazole rings is 1. The highest BCUT2D eigenvalue weighted by atomic mass is 35.5. The second kappa shape index (κ2) is 7.48. The van der Waals surface area contributed by atoms with Gasteiger partial charge < -0.3 is 10.6 Å². The summed E-state index contributed by atoms with van der Waals surface area (Å²) in [6.45, 7) is 4.00. The van der Waals surface area contributed by atoms with Crippen molar-refractivity contribution in [3.05, 3.63) is 58.3 Å². The minimum absolute atomic E-state index is 0.535. The van der Waals surface area contributed by atoms with Crippen LogP contribution in [0.5, 0.6) is 0 Å². The van der Waals surface area contributed by atoms with E-state index in [-0.39, 0.29) is 0 Å². The molecule has 0 aliphatic rings. The van der Waals surface area contributed by atoms with E-state index in [9.17, 15) is 0 Å². The van der Waals surface area contributed by atoms with Crippen molar-refractivity contribution in [2.24, 2.45) is 4.99 Å². The van der Waals surface area contributed by atoms with Crippen LogP contribution in [0.1, 0.15) is 18.2 Å². The van der Waals surface area contributed by atoms with E-state index in [0.29, 0.717) is 13.1 Å². The molecule has 2 heterocycles. The number of nitrogens with zero attached hydrogens (tertiary/aromatic N) is 3. The van der Waals surface area contributed by atoms with Gasteiger partial charge in [0.15, 0.2) is 10.9 Å². The molecular formula is C16H18ClN5S. The fourth-order valence-electron chi connectivity index (χ4n) is 2.17. The Hall–Kier alpha value is -2.05. The molecule has 2 aromatic heterocycles. The van der Waals surface area contributed by atoms with E-state index in [0.717, 1.165) is 33.7 Å². The molecule has 0 saturated carbocycles. The first-order valence-electron chi connectivity index (χ1n) is 7.43. The molecule has 3 rings (SSSR count). The summed E-state index contributed by atoms with van der Waals surface area (Å²) in [6, 6.07) is 7.75. The van der Waals surface area contributed by atoms with E-state index in [1.54, 1.807) is 11.3 Å². The maximum Gasteiger partial charge on any atom is 0.193 e. The van der Waals surface area contributed by atoms with Crippen LogP contribution in [0, 0.1) is 0 Å². The van der Waals surface area contributed by atoms with E-state index < -0.39 is 0 Å². The van der Waals surface area contributed by atoms with E-state index in [1.807, 2.05) is 53.4 Å². The van der Waals surface area contributed by atoms with Crippen LogP contribution in [-0.4, -0.2) is 21.9 Å². The van der Waals surface area contributed by atoms with Crippen LogP contribution in [0.4, 0.5) is 0 Å². The lowest BCUT2D eigenvalue weighted by molar-refractivity contribution is 0.804. The van der Waals surface area contributed by atoms with Gasteiger partial charge in [0.25, 0.3) is 0 Å². The predicted molar refractivity (Wildman–Crippen MR) is 96.2 cm³/mol. The third kappa shape index (κ3) is 4.03. The minimum atomic E-state index is 0.535. The number of rotatable bonds is 5. The highest BCUT2D eigenvalue weighted by Crippen LogP contribution is 2.15. The molecule has 0 unspecified atom stereocenters. The Morgan fingerprint density at radius 3 is 3.00 bits per heavy atom. The first-order valence-corrected chi connectivity index (χ1v) is 8.68. The highest BCUT2D eigenvalue weighted by Gasteiger charge is 2.04. The molecule has 2 N–H and O–H groups in total. The van der Waals surface area contributed by atoms with Gasteiger partial charge in [-0.05, 0) is 18.6 Å². The molecule has 1 aromatic carbocycles. The molecule has 3 aromatic rings. The monoisotopic (exact) mass is 347 g/mol. The van der Waals surface area contributed by atoms with Gasteiger partial charge in [0.1, 0.15) is 0 Å². The first kappa shape index (κ1) is 15.8. The number of nitrogens with one attached hydrogen (secondary N) is 2. The van der Waals surface area contributed by atoms with E-state index >= 15 is 0 Å². The van der Waals surface area contributed by atoms with E-state index in [4.69, 9.17) is 11.6 Å². The molecule has 0 aliphatic heterocycles. The molecule has 0 amide bonds. The van der Waals surface area contributed by atoms with Crippen molar-refractivity contribution in [3.8, 4) is 0 Å². The van der Waals surface area contributed by atoms with Crippen LogP contribution in [0.15, 0.2) is 47.0 Å². The summed E-state index contributed by atoms with van der Waals surface area (Å²) >= 11 is 7.79. The van der Waals surface area contributed by atoms with Gasteiger partial charge in [0.2, 0.25) is 0 Å². The van der Waals surface area contributed by atoms with Crippen molar-refractivity contribution in [2.45, 2.75) is 20.0 Å². The maximum atomic E-state index is 6.17. The Labute approximate surface area is 144 Å². The van der Waals surface area contributed by atoms with Gasteiger partial charge in [-0.25, -0.2) is 9.98 Å². The van der Waals surface area contributed by atoms with Gasteiger partial charge in [-0.15, -0.1) is 11.3 Å². The zero-order valence-electron chi connectivity index (χ0n) is 12.8. The molecule has 0 radical (unpaired) electrons. The largest absolute Gasteiger partial charge is 0.357 e. The molecule has 23 heavy (non-hydrogen) atoms. The van der Waals surface area contributed by atoms with E-state index in [1.165, 1.54) is 0 Å². The van der Waals surface area contributed by atoms with Gasteiger partial charge >= 0.3 is 0 Å². The molecule has 0 saturated heterocycles. The van der Waals surface area contributed by atoms with Crippen LogP contribution in [0.2, 0.25) is 5.02 Å². The summed E-state index contributed by atoms with van der Waals surface area (Å²) in [5.74, 6) is 0.753. The second-order valence-electron chi connectivity index (χ2n) is 4.97. The highest BCUT2D eigenvalue weighted by molar-refractivity contribution is 7.15. The van der Waals surface area contributed by atoms with Crippen LogP contribution in [-0.2, 0) is 13.1 Å². The number of guanidine groups is 1. The average molecular weight is 348 g/mol. The summed E-state index contributed by atoms with van der Waals surface area (Å²) in [4.78, 5) is 10.1. The number of aromatic nitrogens is 2. The first-order chi connectivity index (χ1) is 11.3. The zero-order chi connectivity index (χ0) is 16.1. The Morgan fingerprint density at radius 1 is 1.35 bits per heavy atom. The van der Waals surface area contributed by atoms with Crippen molar-refractivity contribution in [1.29, 1.82) is 0 Å². The van der Waals surface area contributed by atoms with Crippen molar-refractivity contribution in [3.63, 3.8) is 0 Å². The minimum Gasteiger partial charge on any atom is -0.357 e. The zero-order valence-corrected chi connectivity index (χ0v) is 14.4. The second-order valence-corrected chi connectivity index (χ2v) is 6.25. The standard InChI is InChI=1S/C16H18ClN5S/c1-2-18-15(19-9-12-5-3-4-6-14(12)17)20-10-13-11-22-7-8-23-16(22)21-13/h3-8,11H,2,9-10H2,1H3,(H2,18,19,20). The summed E-state index contributed by atoms with van der Waals surface area (Å²) in [6.07, 6.45) is 4.03. The number of hydrogen-bond acceptors (Lipinski definition) is 3. The fourth-order valence-corrected chi connectivity index (χ4v) is 3.08. The molecule has 5 nitrogen and oxygen atoms in total. The molecule has 0 spiro atoms. The number of thiazole rings is 1. The molecule has 0 bridgehead atoms. The maximum absolute atomic E-state index is 6.17. The number of halogens is 1. The quantitative estimate of drug-likeness (QED) is 0.550. The molecule has 0 atom stereocenters. The van der Waals surface area contributed by atoms with Gasteiger partial charge in [-0.2, -0.15) is 0 Å². The lowest BCUT2D eigenvalue weighted by Crippen LogP contribution is -2.36. The SMILES string of the molecule is CCNC(=NCc1ccccc1Cl)NCc1cn2ccsc2n1. The summed E-state index contributed by atoms with van der Waals surface area (Å²) in [5, 5.41) is 9.30. The van der Waals surface area contributed by atoms with Crippen LogP contribution >= 0.6 is 22.9 Å². The molecule has 7 heteroatoms. The number of fused-ring (bicyclic) bond motifs is 1. The van der Waals surface area contributed by atoms with Crippen molar-refractivity contribution in [1.82, 2.24) is 20.0 Å². The third-order valence-corrected chi connectivity index (χ3v) is 4.43. The predicted octanol–water partition coefficient (Wildman–Crippen LogP) is 3.30. The molecule has 0 fully saturated rings. The number of aliphatic imine (C=N–C) groups is 1. The average Bonchev–Trinajstić information content (AvgIpc) is 3.12. The van der Waals surface area contributed by atoms with Crippen LogP contribution in [0.3, 0.4) is 0 Å². The lowest BCUT2D eigenvalue weighted by Gasteiger charge is -2.10. The summed E-state index contributed by atoms with van der Waals surface area (Å²) in [5.41, 5.74) is 1.99. The molecular weight excluding hydrogens is 330 g/mol. The third-order valence-electron chi connectivity index (χ3n) is 3.29. The molecule has 0 aliphatic carbocycles. The van der Waals surface area contributed by atoms with Crippen molar-refractivity contribution in [2.75, 3.05) is 6.54 Å². The van der Waals surface area contributed by atoms with Crippen LogP contribution < -0.4 is 10.6 Å². The smallest absolute Gasteiger partial charge is 0.193 e. The topological polar surface area (TPSA) is 53.7 Å². The lowest BCUT2D eigenvalue weighted by atomic mass is 10.2.